The van der Waals surface area contributed by atoms with Crippen LogP contribution in [0.15, 0.2) is 100 Å². The van der Waals surface area contributed by atoms with E-state index in [1.54, 1.807) is 12.5 Å². The van der Waals surface area contributed by atoms with E-state index in [4.69, 9.17) is 28.4 Å². The lowest BCUT2D eigenvalue weighted by Gasteiger charge is -2.20. The van der Waals surface area contributed by atoms with Crippen molar-refractivity contribution < 1.29 is 28.4 Å². The SMILES string of the molecule is CC=COC(COc1cccc(OCC(COc2c(Br)cc(Br)cc2Br)OC=CC)c1)COc1c(Br)cc(Br)cc1Br. The third-order valence-electron chi connectivity index (χ3n) is 5.24. The predicted molar refractivity (Wildman–Crippen MR) is 187 cm³/mol. The second-order valence-electron chi connectivity index (χ2n) is 8.57. The minimum absolute atomic E-state index is 0.261. The average molecular weight is 964 g/mol. The van der Waals surface area contributed by atoms with Gasteiger partial charge in [-0.05, 0) is 114 Å². The summed E-state index contributed by atoms with van der Waals surface area (Å²) >= 11 is 21.1. The fourth-order valence-electron chi connectivity index (χ4n) is 3.35. The third-order valence-corrected chi connectivity index (χ3v) is 8.52. The lowest BCUT2D eigenvalue weighted by molar-refractivity contribution is 0.0455. The highest BCUT2D eigenvalue weighted by molar-refractivity contribution is 9.12. The van der Waals surface area contributed by atoms with Gasteiger partial charge in [0.05, 0.1) is 30.4 Å². The van der Waals surface area contributed by atoms with E-state index in [9.17, 15) is 0 Å². The van der Waals surface area contributed by atoms with E-state index >= 15 is 0 Å². The maximum absolute atomic E-state index is 6.06. The van der Waals surface area contributed by atoms with Gasteiger partial charge in [0.2, 0.25) is 0 Å². The van der Waals surface area contributed by atoms with E-state index in [0.29, 0.717) is 23.0 Å². The Hall–Kier alpha value is -1.18. The summed E-state index contributed by atoms with van der Waals surface area (Å²) in [4.78, 5) is 0. The van der Waals surface area contributed by atoms with Crippen molar-refractivity contribution in [3.8, 4) is 23.0 Å². The molecule has 3 aromatic rings. The quantitative estimate of drug-likeness (QED) is 0.133. The number of hydrogen-bond donors (Lipinski definition) is 0. The minimum Gasteiger partial charge on any atom is -0.491 e. The van der Waals surface area contributed by atoms with Gasteiger partial charge in [0.1, 0.15) is 49.4 Å². The smallest absolute Gasteiger partial charge is 0.165 e. The molecule has 0 fully saturated rings. The molecule has 2 atom stereocenters. The lowest BCUT2D eigenvalue weighted by atomic mass is 10.3. The van der Waals surface area contributed by atoms with E-state index in [1.807, 2.05) is 74.5 Å². The summed E-state index contributed by atoms with van der Waals surface area (Å²) < 4.78 is 41.0. The zero-order valence-electron chi connectivity index (χ0n) is 22.6. The van der Waals surface area contributed by atoms with Gasteiger partial charge in [-0.15, -0.1) is 0 Å². The zero-order valence-corrected chi connectivity index (χ0v) is 32.1. The molecule has 0 spiro atoms. The fourth-order valence-corrected chi connectivity index (χ4v) is 8.33. The van der Waals surface area contributed by atoms with Gasteiger partial charge < -0.3 is 28.4 Å². The number of halogens is 6. The maximum atomic E-state index is 6.06. The highest BCUT2D eigenvalue weighted by atomic mass is 79.9. The molecule has 0 heterocycles. The van der Waals surface area contributed by atoms with Gasteiger partial charge in [-0.25, -0.2) is 0 Å². The Labute approximate surface area is 296 Å². The average Bonchev–Trinajstić information content (AvgIpc) is 2.94. The van der Waals surface area contributed by atoms with Crippen LogP contribution in [0.25, 0.3) is 0 Å². The molecule has 3 rings (SSSR count). The molecule has 2 unspecified atom stereocenters. The van der Waals surface area contributed by atoms with Crippen LogP contribution in [0.4, 0.5) is 0 Å². The summed E-state index contributed by atoms with van der Waals surface area (Å²) in [5.74, 6) is 2.64. The molecule has 0 aliphatic heterocycles. The molecule has 12 heteroatoms. The monoisotopic (exact) mass is 958 g/mol. The molecule has 42 heavy (non-hydrogen) atoms. The van der Waals surface area contributed by atoms with Crippen LogP contribution in [0.5, 0.6) is 23.0 Å². The molecule has 3 aromatic carbocycles. The number of rotatable bonds is 16. The predicted octanol–water partition coefficient (Wildman–Crippen LogP) is 11.0. The van der Waals surface area contributed by atoms with Gasteiger partial charge >= 0.3 is 0 Å². The van der Waals surface area contributed by atoms with E-state index in [2.05, 4.69) is 95.6 Å². The first-order valence-corrected chi connectivity index (χ1v) is 17.4. The van der Waals surface area contributed by atoms with Gasteiger partial charge in [0.15, 0.2) is 12.2 Å². The Morgan fingerprint density at radius 3 is 1.26 bits per heavy atom. The zero-order chi connectivity index (χ0) is 30.5. The Balaban J connectivity index is 1.59. The van der Waals surface area contributed by atoms with Gasteiger partial charge in [0, 0.05) is 15.0 Å². The van der Waals surface area contributed by atoms with Crippen LogP contribution >= 0.6 is 95.6 Å². The summed E-state index contributed by atoms with van der Waals surface area (Å²) in [5, 5.41) is 0. The Morgan fingerprint density at radius 2 is 0.905 bits per heavy atom. The van der Waals surface area contributed by atoms with Gasteiger partial charge in [0.25, 0.3) is 0 Å². The molecule has 0 aromatic heterocycles. The number of allylic oxidation sites excluding steroid dienone is 2. The van der Waals surface area contributed by atoms with Gasteiger partial charge in [-0.1, -0.05) is 50.1 Å². The van der Waals surface area contributed by atoms with E-state index < -0.39 is 0 Å². The van der Waals surface area contributed by atoms with Crippen LogP contribution in [-0.2, 0) is 9.47 Å². The summed E-state index contributed by atoms with van der Waals surface area (Å²) in [5.41, 5.74) is 0. The Morgan fingerprint density at radius 1 is 0.548 bits per heavy atom. The van der Waals surface area contributed by atoms with Crippen molar-refractivity contribution in [2.24, 2.45) is 0 Å². The molecule has 0 saturated heterocycles. The van der Waals surface area contributed by atoms with Crippen LogP contribution in [0, 0.1) is 0 Å². The van der Waals surface area contributed by atoms with Crippen molar-refractivity contribution in [3.05, 3.63) is 100 Å². The molecule has 0 aliphatic rings. The third kappa shape index (κ3) is 11.7. The van der Waals surface area contributed by atoms with E-state index in [0.717, 1.165) is 26.8 Å². The Bertz CT molecular complexity index is 1220. The first-order chi connectivity index (χ1) is 20.2. The van der Waals surface area contributed by atoms with Gasteiger partial charge in [-0.3, -0.25) is 0 Å². The molecule has 0 N–H and O–H groups in total. The topological polar surface area (TPSA) is 55.4 Å². The molecule has 0 aliphatic carbocycles. The van der Waals surface area contributed by atoms with Crippen LogP contribution < -0.4 is 18.9 Å². The number of ether oxygens (including phenoxy) is 6. The highest BCUT2D eigenvalue weighted by Gasteiger charge is 2.17. The Kier molecular flexibility index (Phi) is 15.6. The van der Waals surface area contributed by atoms with Crippen molar-refractivity contribution in [2.75, 3.05) is 26.4 Å². The minimum atomic E-state index is -0.360. The summed E-state index contributed by atoms with van der Waals surface area (Å²) in [6, 6.07) is 15.1. The van der Waals surface area contributed by atoms with Crippen molar-refractivity contribution in [3.63, 3.8) is 0 Å². The molecular formula is C30H28Br6O6. The van der Waals surface area contributed by atoms with Crippen LogP contribution in [0.3, 0.4) is 0 Å². The lowest BCUT2D eigenvalue weighted by Crippen LogP contribution is -2.27. The summed E-state index contributed by atoms with van der Waals surface area (Å²) in [7, 11) is 0. The van der Waals surface area contributed by atoms with Gasteiger partial charge in [-0.2, -0.15) is 0 Å². The molecule has 6 nitrogen and oxygen atoms in total. The number of benzene rings is 3. The normalized spacial score (nSPS) is 12.8. The molecule has 0 amide bonds. The molecule has 0 radical (unpaired) electrons. The van der Waals surface area contributed by atoms with Crippen molar-refractivity contribution in [1.82, 2.24) is 0 Å². The van der Waals surface area contributed by atoms with E-state index in [1.165, 1.54) is 0 Å². The second-order valence-corrected chi connectivity index (χ2v) is 13.8. The molecule has 226 valence electrons. The van der Waals surface area contributed by atoms with Crippen molar-refractivity contribution in [2.45, 2.75) is 26.1 Å². The second kappa shape index (κ2) is 18.6. The fraction of sp³-hybridized carbons (Fsp3) is 0.267. The highest BCUT2D eigenvalue weighted by Crippen LogP contribution is 2.37. The molecule has 0 bridgehead atoms. The first-order valence-electron chi connectivity index (χ1n) is 12.6. The number of hydrogen-bond acceptors (Lipinski definition) is 6. The standard InChI is InChI=1S/C30H28Br6O6/c1-3-8-37-23(17-41-29-25(33)10-19(31)11-26(29)34)15-39-21-6-5-7-22(14-21)40-16-24(38-9-4-2)18-42-30-27(35)12-20(32)13-28(30)36/h3-14,23-24H,15-18H2,1-2H3. The van der Waals surface area contributed by atoms with Crippen molar-refractivity contribution >= 4 is 95.6 Å². The largest absolute Gasteiger partial charge is 0.491 e. The molecular weight excluding hydrogens is 936 g/mol. The summed E-state index contributed by atoms with van der Waals surface area (Å²) in [6.45, 7) is 4.84. The summed E-state index contributed by atoms with van der Waals surface area (Å²) in [6.07, 6.45) is 6.16. The molecule has 0 saturated carbocycles. The van der Waals surface area contributed by atoms with E-state index in [-0.39, 0.29) is 38.6 Å². The van der Waals surface area contributed by atoms with Crippen molar-refractivity contribution in [1.29, 1.82) is 0 Å². The first kappa shape index (κ1) is 35.3. The van der Waals surface area contributed by atoms with Crippen LogP contribution in [0.2, 0.25) is 0 Å². The van der Waals surface area contributed by atoms with Crippen LogP contribution in [0.1, 0.15) is 13.8 Å². The maximum Gasteiger partial charge on any atom is 0.165 e. The van der Waals surface area contributed by atoms with Crippen LogP contribution in [-0.4, -0.2) is 38.6 Å².